The van der Waals surface area contributed by atoms with Crippen molar-refractivity contribution in [2.75, 3.05) is 25.5 Å². The lowest BCUT2D eigenvalue weighted by molar-refractivity contribution is 0.0988. The van der Waals surface area contributed by atoms with Crippen LogP contribution in [0.5, 0.6) is 11.8 Å². The summed E-state index contributed by atoms with van der Waals surface area (Å²) in [7, 11) is 1.53. The van der Waals surface area contributed by atoms with Gasteiger partial charge in [-0.1, -0.05) is 17.7 Å². The molecule has 2 aromatic rings. The number of benzene rings is 1. The van der Waals surface area contributed by atoms with Crippen molar-refractivity contribution >= 4 is 11.7 Å². The van der Waals surface area contributed by atoms with Crippen molar-refractivity contribution in [1.82, 2.24) is 14.9 Å². The molecule has 1 N–H and O–H groups in total. The number of hydrogen-bond donors (Lipinski definition) is 1. The minimum Gasteiger partial charge on any atom is -0.477 e. The molecule has 1 aliphatic heterocycles. The Kier molecular flexibility index (Phi) is 5.33. The molecule has 1 saturated heterocycles. The van der Waals surface area contributed by atoms with Crippen molar-refractivity contribution in [2.24, 2.45) is 0 Å². The number of methoxy groups -OCH3 is 1. The number of aromatic nitrogens is 2. The molecule has 3 rings (SSSR count). The first-order valence-corrected chi connectivity index (χ1v) is 8.30. The zero-order valence-electron chi connectivity index (χ0n) is 14.4. The predicted octanol–water partition coefficient (Wildman–Crippen LogP) is 2.87. The molecule has 2 heterocycles. The Morgan fingerprint density at radius 3 is 2.64 bits per heavy atom. The molecular weight excluding hydrogens is 320 g/mol. The van der Waals surface area contributed by atoms with Gasteiger partial charge < -0.3 is 19.7 Å². The second-order valence-electron chi connectivity index (χ2n) is 6.00. The molecule has 1 unspecified atom stereocenters. The van der Waals surface area contributed by atoms with Crippen LogP contribution in [0.25, 0.3) is 0 Å². The number of nitrogens with one attached hydrogen (secondary N) is 1. The lowest BCUT2D eigenvalue weighted by Crippen LogP contribution is -2.46. The van der Waals surface area contributed by atoms with E-state index in [0.29, 0.717) is 24.8 Å². The molecule has 1 atom stereocenters. The first-order valence-electron chi connectivity index (χ1n) is 8.30. The van der Waals surface area contributed by atoms with Gasteiger partial charge in [0.25, 0.3) is 11.8 Å². The molecule has 2 amide bonds. The number of urea groups is 1. The Morgan fingerprint density at radius 2 is 1.92 bits per heavy atom. The van der Waals surface area contributed by atoms with Crippen LogP contribution in [0.3, 0.4) is 0 Å². The van der Waals surface area contributed by atoms with Crippen molar-refractivity contribution < 1.29 is 14.3 Å². The number of aryl methyl sites for hydroxylation is 1. The van der Waals surface area contributed by atoms with Gasteiger partial charge in [0, 0.05) is 24.6 Å². The van der Waals surface area contributed by atoms with E-state index in [9.17, 15) is 4.79 Å². The molecule has 1 fully saturated rings. The lowest BCUT2D eigenvalue weighted by Gasteiger charge is -2.32. The van der Waals surface area contributed by atoms with E-state index < -0.39 is 0 Å². The van der Waals surface area contributed by atoms with Crippen molar-refractivity contribution in [2.45, 2.75) is 25.9 Å². The van der Waals surface area contributed by atoms with Gasteiger partial charge in [-0.25, -0.2) is 14.8 Å². The summed E-state index contributed by atoms with van der Waals surface area (Å²) in [4.78, 5) is 22.5. The number of nitrogens with zero attached hydrogens (tertiary/aromatic N) is 3. The number of rotatable bonds is 4. The fourth-order valence-corrected chi connectivity index (χ4v) is 2.75. The summed E-state index contributed by atoms with van der Waals surface area (Å²) in [5.74, 6) is 0.708. The highest BCUT2D eigenvalue weighted by Crippen LogP contribution is 2.24. The van der Waals surface area contributed by atoms with Crippen LogP contribution in [0.15, 0.2) is 36.7 Å². The number of likely N-dealkylation sites (tertiary alicyclic amines) is 1. The summed E-state index contributed by atoms with van der Waals surface area (Å²) in [6, 6.07) is 7.62. The fourth-order valence-electron chi connectivity index (χ4n) is 2.75. The van der Waals surface area contributed by atoms with Crippen molar-refractivity contribution in [3.8, 4) is 11.8 Å². The predicted molar refractivity (Wildman–Crippen MR) is 94.0 cm³/mol. The highest BCUT2D eigenvalue weighted by atomic mass is 16.5. The van der Waals surface area contributed by atoms with Gasteiger partial charge in [-0.3, -0.25) is 0 Å². The van der Waals surface area contributed by atoms with Crippen LogP contribution >= 0.6 is 0 Å². The maximum absolute atomic E-state index is 12.5. The maximum atomic E-state index is 12.5. The van der Waals surface area contributed by atoms with Gasteiger partial charge in [0.1, 0.15) is 6.10 Å². The summed E-state index contributed by atoms with van der Waals surface area (Å²) < 4.78 is 11.1. The van der Waals surface area contributed by atoms with E-state index in [-0.39, 0.29) is 12.1 Å². The number of ether oxygens (including phenoxy) is 2. The van der Waals surface area contributed by atoms with E-state index in [0.717, 1.165) is 24.1 Å². The second-order valence-corrected chi connectivity index (χ2v) is 6.00. The molecule has 132 valence electrons. The van der Waals surface area contributed by atoms with Gasteiger partial charge in [0.05, 0.1) is 13.7 Å². The summed E-state index contributed by atoms with van der Waals surface area (Å²) in [5.41, 5.74) is 1.94. The fraction of sp³-hybridized carbons (Fsp3) is 0.389. The van der Waals surface area contributed by atoms with Crippen LogP contribution in [0.4, 0.5) is 10.5 Å². The van der Waals surface area contributed by atoms with Crippen LogP contribution < -0.4 is 14.8 Å². The number of hydrogen-bond acceptors (Lipinski definition) is 5. The first-order chi connectivity index (χ1) is 12.2. The molecule has 7 nitrogen and oxygen atoms in total. The molecule has 7 heteroatoms. The maximum Gasteiger partial charge on any atom is 0.321 e. The molecular formula is C18H22N4O3. The van der Waals surface area contributed by atoms with Crippen LogP contribution in [0, 0.1) is 6.92 Å². The third-order valence-electron chi connectivity index (χ3n) is 4.07. The average molecular weight is 342 g/mol. The average Bonchev–Trinajstić information content (AvgIpc) is 2.64. The van der Waals surface area contributed by atoms with E-state index in [1.165, 1.54) is 7.11 Å². The minimum atomic E-state index is -0.136. The van der Waals surface area contributed by atoms with E-state index in [2.05, 4.69) is 15.3 Å². The van der Waals surface area contributed by atoms with Gasteiger partial charge in [0.2, 0.25) is 0 Å². The van der Waals surface area contributed by atoms with Crippen LogP contribution in [-0.4, -0.2) is 47.2 Å². The van der Waals surface area contributed by atoms with Crippen molar-refractivity contribution in [1.29, 1.82) is 0 Å². The third kappa shape index (κ3) is 4.37. The van der Waals surface area contributed by atoms with Gasteiger partial charge in [-0.2, -0.15) is 0 Å². The molecule has 0 bridgehead atoms. The summed E-state index contributed by atoms with van der Waals surface area (Å²) in [6.45, 7) is 3.21. The zero-order valence-corrected chi connectivity index (χ0v) is 14.4. The number of carbonyl (C=O) groups is 1. The second kappa shape index (κ2) is 7.83. The number of anilines is 1. The number of carbonyl (C=O) groups excluding carboxylic acids is 1. The Balaban J connectivity index is 1.60. The highest BCUT2D eigenvalue weighted by Gasteiger charge is 2.26. The normalized spacial score (nSPS) is 17.0. The van der Waals surface area contributed by atoms with Gasteiger partial charge >= 0.3 is 6.03 Å². The van der Waals surface area contributed by atoms with Gasteiger partial charge in [-0.05, 0) is 31.9 Å². The van der Waals surface area contributed by atoms with Gasteiger partial charge in [-0.15, -0.1) is 0 Å². The molecule has 25 heavy (non-hydrogen) atoms. The molecule has 1 aromatic carbocycles. The quantitative estimate of drug-likeness (QED) is 0.924. The Morgan fingerprint density at radius 1 is 1.20 bits per heavy atom. The monoisotopic (exact) mass is 342 g/mol. The molecule has 1 aromatic heterocycles. The topological polar surface area (TPSA) is 76.6 Å². The molecule has 0 radical (unpaired) electrons. The summed E-state index contributed by atoms with van der Waals surface area (Å²) in [6.07, 6.45) is 4.70. The largest absolute Gasteiger partial charge is 0.477 e. The van der Waals surface area contributed by atoms with Crippen molar-refractivity contribution in [3.05, 3.63) is 42.2 Å². The lowest BCUT2D eigenvalue weighted by atomic mass is 10.1. The SMILES string of the molecule is COc1nccnc1OC1CCCN(C(=O)Nc2ccc(C)cc2)C1. The van der Waals surface area contributed by atoms with E-state index >= 15 is 0 Å². The van der Waals surface area contributed by atoms with Crippen molar-refractivity contribution in [3.63, 3.8) is 0 Å². The smallest absolute Gasteiger partial charge is 0.321 e. The minimum absolute atomic E-state index is 0.122. The standard InChI is InChI=1S/C18H22N4O3/c1-13-5-7-14(8-6-13)21-18(23)22-11-3-4-15(12-22)25-17-16(24-2)19-9-10-20-17/h5-10,15H,3-4,11-12H2,1-2H3,(H,21,23). The number of amides is 2. The van der Waals surface area contributed by atoms with E-state index in [1.54, 1.807) is 17.3 Å². The molecule has 0 spiro atoms. The summed E-state index contributed by atoms with van der Waals surface area (Å²) in [5, 5.41) is 2.92. The first kappa shape index (κ1) is 17.0. The zero-order chi connectivity index (χ0) is 17.6. The summed E-state index contributed by atoms with van der Waals surface area (Å²) >= 11 is 0. The Bertz CT molecular complexity index is 721. The van der Waals surface area contributed by atoms with Crippen LogP contribution in [0.2, 0.25) is 0 Å². The van der Waals surface area contributed by atoms with Crippen LogP contribution in [-0.2, 0) is 0 Å². The van der Waals surface area contributed by atoms with E-state index in [1.807, 2.05) is 31.2 Å². The Labute approximate surface area is 147 Å². The molecule has 1 aliphatic rings. The third-order valence-corrected chi connectivity index (χ3v) is 4.07. The van der Waals surface area contributed by atoms with Gasteiger partial charge in [0.15, 0.2) is 0 Å². The van der Waals surface area contributed by atoms with Crippen LogP contribution in [0.1, 0.15) is 18.4 Å². The van der Waals surface area contributed by atoms with E-state index in [4.69, 9.17) is 9.47 Å². The molecule has 0 aliphatic carbocycles. The molecule has 0 saturated carbocycles. The Hall–Kier alpha value is -2.83. The number of piperidine rings is 1. The highest BCUT2D eigenvalue weighted by molar-refractivity contribution is 5.89.